The highest BCUT2D eigenvalue weighted by Gasteiger charge is 2.29. The van der Waals surface area contributed by atoms with E-state index in [1.165, 1.54) is 10.8 Å². The first-order chi connectivity index (χ1) is 12.5. The number of aromatic amines is 1. The van der Waals surface area contributed by atoms with Crippen LogP contribution in [0, 0.1) is 12.8 Å². The highest BCUT2D eigenvalue weighted by Crippen LogP contribution is 2.20. The average Bonchev–Trinajstić information content (AvgIpc) is 2.66. The SMILES string of the molecule is Cc1cn(CC(=O)N2CCC[C@@H](C(=O)c3ccccn3)C2)c(=O)[nH]c1=O. The van der Waals surface area contributed by atoms with Crippen molar-refractivity contribution in [1.82, 2.24) is 19.4 Å². The van der Waals surface area contributed by atoms with Crippen molar-refractivity contribution < 1.29 is 9.59 Å². The zero-order valence-electron chi connectivity index (χ0n) is 14.5. The van der Waals surface area contributed by atoms with Crippen LogP contribution in [0.2, 0.25) is 0 Å². The summed E-state index contributed by atoms with van der Waals surface area (Å²) >= 11 is 0. The molecule has 1 atom stereocenters. The van der Waals surface area contributed by atoms with E-state index in [9.17, 15) is 19.2 Å². The van der Waals surface area contributed by atoms with Crippen LogP contribution in [-0.4, -0.2) is 44.2 Å². The second-order valence-corrected chi connectivity index (χ2v) is 6.46. The first-order valence-corrected chi connectivity index (χ1v) is 8.49. The van der Waals surface area contributed by atoms with Crippen molar-refractivity contribution in [3.63, 3.8) is 0 Å². The number of hydrogen-bond donors (Lipinski definition) is 1. The molecule has 1 aliphatic heterocycles. The highest BCUT2D eigenvalue weighted by molar-refractivity contribution is 5.96. The number of Topliss-reactive ketones (excluding diaryl/α,β-unsaturated/α-hetero) is 1. The Bertz CT molecular complexity index is 932. The number of aromatic nitrogens is 3. The number of aryl methyl sites for hydroxylation is 1. The highest BCUT2D eigenvalue weighted by atomic mass is 16.2. The molecule has 0 aliphatic carbocycles. The van der Waals surface area contributed by atoms with Crippen molar-refractivity contribution in [2.24, 2.45) is 5.92 Å². The van der Waals surface area contributed by atoms with Gasteiger partial charge < -0.3 is 4.90 Å². The first-order valence-electron chi connectivity index (χ1n) is 8.49. The number of piperidine rings is 1. The van der Waals surface area contributed by atoms with Crippen molar-refractivity contribution in [1.29, 1.82) is 0 Å². The lowest BCUT2D eigenvalue weighted by molar-refractivity contribution is -0.133. The quantitative estimate of drug-likeness (QED) is 0.797. The standard InChI is InChI=1S/C18H20N4O4/c1-12-9-22(18(26)20-17(12)25)11-15(23)21-8-4-5-13(10-21)16(24)14-6-2-3-7-19-14/h2-3,6-7,9,13H,4-5,8,10-11H2,1H3,(H,20,25,26)/t13-/m1/s1. The lowest BCUT2D eigenvalue weighted by atomic mass is 9.92. The predicted octanol–water partition coefficient (Wildman–Crippen LogP) is 0.362. The number of H-pyrrole nitrogens is 1. The van der Waals surface area contributed by atoms with Crippen LogP contribution in [0.25, 0.3) is 0 Å². The van der Waals surface area contributed by atoms with E-state index in [-0.39, 0.29) is 24.2 Å². The van der Waals surface area contributed by atoms with Gasteiger partial charge in [0.05, 0.1) is 0 Å². The third kappa shape index (κ3) is 3.79. The molecule has 8 nitrogen and oxygen atoms in total. The predicted molar refractivity (Wildman–Crippen MR) is 93.9 cm³/mol. The molecule has 1 amide bonds. The van der Waals surface area contributed by atoms with E-state index in [1.807, 2.05) is 0 Å². The minimum absolute atomic E-state index is 0.0693. The minimum Gasteiger partial charge on any atom is -0.340 e. The summed E-state index contributed by atoms with van der Waals surface area (Å²) in [7, 11) is 0. The molecule has 3 heterocycles. The van der Waals surface area contributed by atoms with Crippen LogP contribution in [0.3, 0.4) is 0 Å². The van der Waals surface area contributed by atoms with E-state index in [0.717, 1.165) is 0 Å². The van der Waals surface area contributed by atoms with E-state index in [1.54, 1.807) is 36.2 Å². The molecule has 0 bridgehead atoms. The summed E-state index contributed by atoms with van der Waals surface area (Å²) in [6.45, 7) is 2.26. The number of carbonyl (C=O) groups excluding carboxylic acids is 2. The van der Waals surface area contributed by atoms with Crippen LogP contribution in [0.5, 0.6) is 0 Å². The molecule has 0 radical (unpaired) electrons. The monoisotopic (exact) mass is 356 g/mol. The summed E-state index contributed by atoms with van der Waals surface area (Å²) in [5.74, 6) is -0.617. The molecule has 0 unspecified atom stereocenters. The molecule has 2 aromatic rings. The number of amides is 1. The molecule has 0 spiro atoms. The Kier molecular flexibility index (Phi) is 5.11. The Morgan fingerprint density at radius 1 is 1.31 bits per heavy atom. The molecule has 1 saturated heterocycles. The topological polar surface area (TPSA) is 105 Å². The summed E-state index contributed by atoms with van der Waals surface area (Å²) < 4.78 is 1.18. The van der Waals surface area contributed by atoms with Crippen LogP contribution in [0.4, 0.5) is 0 Å². The first kappa shape index (κ1) is 17.8. The molecule has 1 fully saturated rings. The van der Waals surface area contributed by atoms with Gasteiger partial charge in [-0.15, -0.1) is 0 Å². The van der Waals surface area contributed by atoms with E-state index in [4.69, 9.17) is 0 Å². The molecule has 1 N–H and O–H groups in total. The van der Waals surface area contributed by atoms with Crippen LogP contribution >= 0.6 is 0 Å². The van der Waals surface area contributed by atoms with Crippen LogP contribution < -0.4 is 11.2 Å². The van der Waals surface area contributed by atoms with Gasteiger partial charge in [-0.25, -0.2) is 4.79 Å². The number of pyridine rings is 1. The molecule has 1 aliphatic rings. The second-order valence-electron chi connectivity index (χ2n) is 6.46. The van der Waals surface area contributed by atoms with E-state index >= 15 is 0 Å². The third-order valence-corrected chi connectivity index (χ3v) is 4.56. The minimum atomic E-state index is -0.618. The maximum Gasteiger partial charge on any atom is 0.328 e. The average molecular weight is 356 g/mol. The number of nitrogens with zero attached hydrogens (tertiary/aromatic N) is 3. The Balaban J connectivity index is 1.70. The van der Waals surface area contributed by atoms with Gasteiger partial charge in [-0.1, -0.05) is 6.07 Å². The van der Waals surface area contributed by atoms with Crippen LogP contribution in [-0.2, 0) is 11.3 Å². The summed E-state index contributed by atoms with van der Waals surface area (Å²) in [5.41, 5.74) is -0.316. The Morgan fingerprint density at radius 3 is 2.85 bits per heavy atom. The van der Waals surface area contributed by atoms with Crippen LogP contribution in [0.15, 0.2) is 40.2 Å². The van der Waals surface area contributed by atoms with Gasteiger partial charge in [0.1, 0.15) is 12.2 Å². The van der Waals surface area contributed by atoms with Crippen LogP contribution in [0.1, 0.15) is 28.9 Å². The van der Waals surface area contributed by atoms with Crippen molar-refractivity contribution >= 4 is 11.7 Å². The number of hydrogen-bond acceptors (Lipinski definition) is 5. The number of likely N-dealkylation sites (tertiary alicyclic amines) is 1. The molecule has 0 aromatic carbocycles. The van der Waals surface area contributed by atoms with Gasteiger partial charge in [0.15, 0.2) is 5.78 Å². The van der Waals surface area contributed by atoms with Gasteiger partial charge >= 0.3 is 5.69 Å². The maximum absolute atomic E-state index is 12.6. The maximum atomic E-state index is 12.6. The van der Waals surface area contributed by atoms with Gasteiger partial charge in [0.2, 0.25) is 5.91 Å². The largest absolute Gasteiger partial charge is 0.340 e. The number of ketones is 1. The Morgan fingerprint density at radius 2 is 2.12 bits per heavy atom. The number of nitrogens with one attached hydrogen (secondary N) is 1. The Hall–Kier alpha value is -3.03. The molecular formula is C18H20N4O4. The van der Waals surface area contributed by atoms with E-state index < -0.39 is 11.2 Å². The summed E-state index contributed by atoms with van der Waals surface area (Å²) in [6, 6.07) is 5.18. The van der Waals surface area contributed by atoms with Crippen molar-refractivity contribution in [2.75, 3.05) is 13.1 Å². The van der Waals surface area contributed by atoms with Gasteiger partial charge in [-0.05, 0) is 31.9 Å². The fourth-order valence-electron chi connectivity index (χ4n) is 3.12. The fourth-order valence-corrected chi connectivity index (χ4v) is 3.12. The zero-order valence-corrected chi connectivity index (χ0v) is 14.5. The van der Waals surface area contributed by atoms with Gasteiger partial charge in [0.25, 0.3) is 5.56 Å². The molecule has 2 aromatic heterocycles. The van der Waals surface area contributed by atoms with E-state index in [2.05, 4.69) is 9.97 Å². The molecule has 136 valence electrons. The van der Waals surface area contributed by atoms with Gasteiger partial charge in [0, 0.05) is 37.0 Å². The van der Waals surface area contributed by atoms with Gasteiger partial charge in [-0.2, -0.15) is 0 Å². The number of carbonyl (C=O) groups is 2. The van der Waals surface area contributed by atoms with E-state index in [0.29, 0.717) is 37.2 Å². The number of rotatable bonds is 4. The smallest absolute Gasteiger partial charge is 0.328 e. The molecule has 26 heavy (non-hydrogen) atoms. The second kappa shape index (κ2) is 7.47. The molecular weight excluding hydrogens is 336 g/mol. The summed E-state index contributed by atoms with van der Waals surface area (Å²) in [4.78, 5) is 56.3. The van der Waals surface area contributed by atoms with Crippen molar-refractivity contribution in [3.05, 3.63) is 62.7 Å². The third-order valence-electron chi connectivity index (χ3n) is 4.56. The molecule has 3 rings (SSSR count). The van der Waals surface area contributed by atoms with Crippen molar-refractivity contribution in [2.45, 2.75) is 26.3 Å². The molecule has 8 heteroatoms. The zero-order chi connectivity index (χ0) is 18.7. The molecule has 0 saturated carbocycles. The van der Waals surface area contributed by atoms with Gasteiger partial charge in [-0.3, -0.25) is 28.9 Å². The normalized spacial score (nSPS) is 17.1. The Labute approximate surface area is 149 Å². The summed E-state index contributed by atoms with van der Waals surface area (Å²) in [5, 5.41) is 0. The fraction of sp³-hybridized carbons (Fsp3) is 0.389. The lowest BCUT2D eigenvalue weighted by Gasteiger charge is -2.32. The lowest BCUT2D eigenvalue weighted by Crippen LogP contribution is -2.45. The van der Waals surface area contributed by atoms with Crippen molar-refractivity contribution in [3.8, 4) is 0 Å². The summed E-state index contributed by atoms with van der Waals surface area (Å²) in [6.07, 6.45) is 4.37.